The minimum atomic E-state index is -0.717. The lowest BCUT2D eigenvalue weighted by molar-refractivity contribution is 0.338. The van der Waals surface area contributed by atoms with Crippen LogP contribution in [0.1, 0.15) is 41.3 Å². The molecule has 0 unspecified atom stereocenters. The molecule has 6 heteroatoms. The molecule has 3 rings (SSSR count). The lowest BCUT2D eigenvalue weighted by Crippen LogP contribution is -2.35. The molecule has 2 aromatic heterocycles. The smallest absolute Gasteiger partial charge is 0.236 e. The molecule has 23 heavy (non-hydrogen) atoms. The van der Waals surface area contributed by atoms with Crippen molar-refractivity contribution in [3.05, 3.63) is 64.7 Å². The number of benzene rings is 1. The maximum absolute atomic E-state index is 6.39. The molecule has 0 aliphatic rings. The van der Waals surface area contributed by atoms with Gasteiger partial charge in [-0.3, -0.25) is 0 Å². The molecule has 0 amide bonds. The first-order chi connectivity index (χ1) is 11.0. The summed E-state index contributed by atoms with van der Waals surface area (Å²) >= 11 is 0. The van der Waals surface area contributed by atoms with E-state index in [0.717, 1.165) is 22.6 Å². The largest absolute Gasteiger partial charge is 0.423 e. The zero-order valence-electron chi connectivity index (χ0n) is 13.5. The number of hydrogen-bond acceptors (Lipinski definition) is 6. The van der Waals surface area contributed by atoms with E-state index in [-0.39, 0.29) is 0 Å². The maximum Gasteiger partial charge on any atom is 0.236 e. The molecule has 0 saturated heterocycles. The van der Waals surface area contributed by atoms with Gasteiger partial charge in [0.25, 0.3) is 0 Å². The van der Waals surface area contributed by atoms with Gasteiger partial charge in [0.05, 0.1) is 17.7 Å². The van der Waals surface area contributed by atoms with Crippen molar-refractivity contribution in [2.45, 2.75) is 39.2 Å². The van der Waals surface area contributed by atoms with Crippen LogP contribution in [0.2, 0.25) is 0 Å². The van der Waals surface area contributed by atoms with Gasteiger partial charge in [0.15, 0.2) is 0 Å². The van der Waals surface area contributed by atoms with Crippen LogP contribution >= 0.6 is 0 Å². The predicted molar refractivity (Wildman–Crippen MR) is 84.8 cm³/mol. The fourth-order valence-corrected chi connectivity index (χ4v) is 2.56. The minimum Gasteiger partial charge on any atom is -0.423 e. The Morgan fingerprint density at radius 3 is 2.52 bits per heavy atom. The number of nitrogens with zero attached hydrogens (tertiary/aromatic N) is 3. The standard InChI is InChI=1S/C17H20N4O2/c1-11-14(12(2)23-21-11)9-15-19-20-16(22-15)17(3,18)10-13-7-5-4-6-8-13/h4-8H,9-10,18H2,1-3H3/t17-/m1/s1. The molecule has 0 spiro atoms. The SMILES string of the molecule is Cc1noc(C)c1Cc1nnc([C@](C)(N)Cc2ccccc2)o1. The van der Waals surface area contributed by atoms with Gasteiger partial charge in [-0.25, -0.2) is 0 Å². The Morgan fingerprint density at radius 1 is 1.13 bits per heavy atom. The zero-order valence-corrected chi connectivity index (χ0v) is 13.5. The van der Waals surface area contributed by atoms with Gasteiger partial charge in [-0.05, 0) is 32.8 Å². The van der Waals surface area contributed by atoms with E-state index < -0.39 is 5.54 Å². The van der Waals surface area contributed by atoms with Crippen LogP contribution in [-0.4, -0.2) is 15.4 Å². The molecule has 2 heterocycles. The average molecular weight is 312 g/mol. The summed E-state index contributed by atoms with van der Waals surface area (Å²) in [5, 5.41) is 12.2. The number of nitrogens with two attached hydrogens (primary N) is 1. The van der Waals surface area contributed by atoms with Crippen LogP contribution in [0.25, 0.3) is 0 Å². The zero-order chi connectivity index (χ0) is 16.4. The highest BCUT2D eigenvalue weighted by atomic mass is 16.5. The Hall–Kier alpha value is -2.47. The van der Waals surface area contributed by atoms with Crippen molar-refractivity contribution in [1.82, 2.24) is 15.4 Å². The van der Waals surface area contributed by atoms with E-state index in [4.69, 9.17) is 14.7 Å². The third-order valence-corrected chi connectivity index (χ3v) is 3.88. The number of rotatable bonds is 5. The highest BCUT2D eigenvalue weighted by Crippen LogP contribution is 2.23. The molecule has 0 fully saturated rings. The molecule has 0 aliphatic heterocycles. The second kappa shape index (κ2) is 5.96. The molecule has 3 aromatic rings. The molecular weight excluding hydrogens is 292 g/mol. The Balaban J connectivity index is 1.78. The van der Waals surface area contributed by atoms with Crippen molar-refractivity contribution in [2.24, 2.45) is 5.73 Å². The Kier molecular flexibility index (Phi) is 4.00. The average Bonchev–Trinajstić information content (AvgIpc) is 3.11. The third-order valence-electron chi connectivity index (χ3n) is 3.88. The number of hydrogen-bond donors (Lipinski definition) is 1. The van der Waals surface area contributed by atoms with Crippen molar-refractivity contribution in [1.29, 1.82) is 0 Å². The maximum atomic E-state index is 6.39. The van der Waals surface area contributed by atoms with E-state index in [0.29, 0.717) is 24.6 Å². The Labute approximate surface area is 134 Å². The fourth-order valence-electron chi connectivity index (χ4n) is 2.56. The molecule has 0 radical (unpaired) electrons. The van der Waals surface area contributed by atoms with E-state index in [2.05, 4.69) is 15.4 Å². The molecule has 0 aliphatic carbocycles. The van der Waals surface area contributed by atoms with E-state index in [1.807, 2.05) is 51.1 Å². The molecule has 1 aromatic carbocycles. The van der Waals surface area contributed by atoms with Crippen molar-refractivity contribution in [3.8, 4) is 0 Å². The van der Waals surface area contributed by atoms with Crippen molar-refractivity contribution >= 4 is 0 Å². The van der Waals surface area contributed by atoms with E-state index >= 15 is 0 Å². The van der Waals surface area contributed by atoms with Gasteiger partial charge in [-0.1, -0.05) is 35.5 Å². The summed E-state index contributed by atoms with van der Waals surface area (Å²) in [6.07, 6.45) is 1.12. The van der Waals surface area contributed by atoms with Gasteiger partial charge in [0, 0.05) is 5.56 Å². The van der Waals surface area contributed by atoms with Gasteiger partial charge in [-0.15, -0.1) is 10.2 Å². The predicted octanol–water partition coefficient (Wildman–Crippen LogP) is 2.68. The van der Waals surface area contributed by atoms with Crippen molar-refractivity contribution in [2.75, 3.05) is 0 Å². The first kappa shape index (κ1) is 15.4. The fraction of sp³-hybridized carbons (Fsp3) is 0.353. The second-order valence-electron chi connectivity index (χ2n) is 6.06. The highest BCUT2D eigenvalue weighted by Gasteiger charge is 2.28. The van der Waals surface area contributed by atoms with Crippen LogP contribution in [-0.2, 0) is 18.4 Å². The normalized spacial score (nSPS) is 13.9. The van der Waals surface area contributed by atoms with Gasteiger partial charge in [0.2, 0.25) is 11.8 Å². The number of aryl methyl sites for hydroxylation is 2. The van der Waals surface area contributed by atoms with Gasteiger partial charge in [0.1, 0.15) is 5.76 Å². The molecule has 1 atom stereocenters. The summed E-state index contributed by atoms with van der Waals surface area (Å²) in [7, 11) is 0. The summed E-state index contributed by atoms with van der Waals surface area (Å²) in [4.78, 5) is 0. The molecule has 2 N–H and O–H groups in total. The quantitative estimate of drug-likeness (QED) is 0.779. The first-order valence-corrected chi connectivity index (χ1v) is 7.53. The van der Waals surface area contributed by atoms with Crippen LogP contribution < -0.4 is 5.73 Å². The molecule has 120 valence electrons. The van der Waals surface area contributed by atoms with Gasteiger partial charge in [-0.2, -0.15) is 0 Å². The molecule has 6 nitrogen and oxygen atoms in total. The van der Waals surface area contributed by atoms with Crippen LogP contribution in [0.4, 0.5) is 0 Å². The molecule has 0 saturated carbocycles. The monoisotopic (exact) mass is 312 g/mol. The Morgan fingerprint density at radius 2 is 1.87 bits per heavy atom. The summed E-state index contributed by atoms with van der Waals surface area (Å²) < 4.78 is 10.9. The highest BCUT2D eigenvalue weighted by molar-refractivity contribution is 5.24. The summed E-state index contributed by atoms with van der Waals surface area (Å²) in [6, 6.07) is 10.0. The Bertz CT molecular complexity index is 771. The van der Waals surface area contributed by atoms with E-state index in [1.165, 1.54) is 0 Å². The third kappa shape index (κ3) is 3.32. The lowest BCUT2D eigenvalue weighted by Gasteiger charge is -2.20. The van der Waals surface area contributed by atoms with Crippen LogP contribution in [0.15, 0.2) is 39.3 Å². The van der Waals surface area contributed by atoms with E-state index in [9.17, 15) is 0 Å². The summed E-state index contributed by atoms with van der Waals surface area (Å²) in [6.45, 7) is 5.66. The number of aromatic nitrogens is 3. The van der Waals surface area contributed by atoms with Crippen molar-refractivity contribution in [3.63, 3.8) is 0 Å². The summed E-state index contributed by atoms with van der Waals surface area (Å²) in [5.74, 6) is 1.71. The molecule has 0 bridgehead atoms. The van der Waals surface area contributed by atoms with Crippen LogP contribution in [0, 0.1) is 13.8 Å². The molecular formula is C17H20N4O2. The minimum absolute atomic E-state index is 0.433. The van der Waals surface area contributed by atoms with Crippen molar-refractivity contribution < 1.29 is 8.94 Å². The van der Waals surface area contributed by atoms with Gasteiger partial charge < -0.3 is 14.7 Å². The van der Waals surface area contributed by atoms with E-state index in [1.54, 1.807) is 0 Å². The van der Waals surface area contributed by atoms with Gasteiger partial charge >= 0.3 is 0 Å². The van der Waals surface area contributed by atoms with Crippen LogP contribution in [0.5, 0.6) is 0 Å². The first-order valence-electron chi connectivity index (χ1n) is 7.53. The lowest BCUT2D eigenvalue weighted by atomic mass is 9.94. The topological polar surface area (TPSA) is 91.0 Å². The summed E-state index contributed by atoms with van der Waals surface area (Å²) in [5.41, 5.74) is 8.61. The second-order valence-corrected chi connectivity index (χ2v) is 6.06. The van der Waals surface area contributed by atoms with Crippen LogP contribution in [0.3, 0.4) is 0 Å².